The SMILES string of the molecule is COC(=O)c1cc(NCc2ccc(OCc3ccc(C)cc3)c(OC)c2)ccc1N1CCOCC1. The van der Waals surface area contributed by atoms with Crippen molar-refractivity contribution in [1.29, 1.82) is 0 Å². The number of hydrogen-bond acceptors (Lipinski definition) is 7. The van der Waals surface area contributed by atoms with Gasteiger partial charge in [0.05, 0.1) is 38.7 Å². The highest BCUT2D eigenvalue weighted by Gasteiger charge is 2.20. The van der Waals surface area contributed by atoms with Gasteiger partial charge in [-0.3, -0.25) is 0 Å². The molecule has 3 aromatic carbocycles. The maximum atomic E-state index is 12.5. The Morgan fingerprint density at radius 3 is 2.40 bits per heavy atom. The third-order valence-electron chi connectivity index (χ3n) is 5.99. The van der Waals surface area contributed by atoms with Crippen LogP contribution < -0.4 is 19.7 Å². The molecular weight excluding hydrogens is 444 g/mol. The quantitative estimate of drug-likeness (QED) is 0.444. The van der Waals surface area contributed by atoms with Crippen molar-refractivity contribution in [3.05, 3.63) is 82.9 Å². The fourth-order valence-corrected chi connectivity index (χ4v) is 3.99. The van der Waals surface area contributed by atoms with E-state index in [0.717, 1.165) is 35.6 Å². The number of rotatable bonds is 9. The molecule has 1 fully saturated rings. The molecule has 7 nitrogen and oxygen atoms in total. The van der Waals surface area contributed by atoms with Crippen LogP contribution in [0.5, 0.6) is 11.5 Å². The van der Waals surface area contributed by atoms with Crippen LogP contribution in [0.2, 0.25) is 0 Å². The summed E-state index contributed by atoms with van der Waals surface area (Å²) in [6.45, 7) is 5.88. The molecular formula is C28H32N2O5. The molecule has 0 aromatic heterocycles. The van der Waals surface area contributed by atoms with Crippen molar-refractivity contribution in [1.82, 2.24) is 0 Å². The Morgan fingerprint density at radius 1 is 0.943 bits per heavy atom. The minimum atomic E-state index is -0.355. The van der Waals surface area contributed by atoms with E-state index in [2.05, 4.69) is 41.4 Å². The minimum Gasteiger partial charge on any atom is -0.493 e. The fraction of sp³-hybridized carbons (Fsp3) is 0.321. The van der Waals surface area contributed by atoms with Crippen LogP contribution in [0, 0.1) is 6.92 Å². The van der Waals surface area contributed by atoms with Crippen LogP contribution >= 0.6 is 0 Å². The van der Waals surface area contributed by atoms with E-state index in [-0.39, 0.29) is 5.97 Å². The van der Waals surface area contributed by atoms with Crippen molar-refractivity contribution in [3.8, 4) is 11.5 Å². The summed E-state index contributed by atoms with van der Waals surface area (Å²) >= 11 is 0. The van der Waals surface area contributed by atoms with Crippen LogP contribution in [-0.4, -0.2) is 46.5 Å². The average molecular weight is 477 g/mol. The molecule has 1 aliphatic heterocycles. The number of nitrogens with zero attached hydrogens (tertiary/aromatic N) is 1. The zero-order valence-corrected chi connectivity index (χ0v) is 20.5. The van der Waals surface area contributed by atoms with Gasteiger partial charge >= 0.3 is 5.97 Å². The number of benzene rings is 3. The molecule has 1 N–H and O–H groups in total. The summed E-state index contributed by atoms with van der Waals surface area (Å²) in [6, 6.07) is 19.9. The molecule has 0 aliphatic carbocycles. The Hall–Kier alpha value is -3.71. The molecule has 1 heterocycles. The third kappa shape index (κ3) is 6.25. The van der Waals surface area contributed by atoms with E-state index in [1.54, 1.807) is 7.11 Å². The smallest absolute Gasteiger partial charge is 0.340 e. The summed E-state index contributed by atoms with van der Waals surface area (Å²) in [7, 11) is 3.04. The zero-order valence-electron chi connectivity index (χ0n) is 20.5. The number of carbonyl (C=O) groups excluding carboxylic acids is 1. The van der Waals surface area contributed by atoms with E-state index in [0.29, 0.717) is 43.4 Å². The predicted octanol–water partition coefficient (Wildman–Crippen LogP) is 4.82. The molecule has 184 valence electrons. The van der Waals surface area contributed by atoms with Crippen molar-refractivity contribution in [2.45, 2.75) is 20.1 Å². The molecule has 0 radical (unpaired) electrons. The van der Waals surface area contributed by atoms with Crippen LogP contribution in [-0.2, 0) is 22.6 Å². The molecule has 1 aliphatic rings. The largest absolute Gasteiger partial charge is 0.493 e. The highest BCUT2D eigenvalue weighted by Crippen LogP contribution is 2.30. The van der Waals surface area contributed by atoms with Gasteiger partial charge in [0.1, 0.15) is 6.61 Å². The number of nitrogens with one attached hydrogen (secondary N) is 1. The van der Waals surface area contributed by atoms with Crippen LogP contribution in [0.3, 0.4) is 0 Å². The highest BCUT2D eigenvalue weighted by atomic mass is 16.5. The molecule has 7 heteroatoms. The Bertz CT molecular complexity index is 1140. The summed E-state index contributed by atoms with van der Waals surface area (Å²) < 4.78 is 22.0. The summed E-state index contributed by atoms with van der Waals surface area (Å²) in [4.78, 5) is 14.6. The summed E-state index contributed by atoms with van der Waals surface area (Å²) in [6.07, 6.45) is 0. The minimum absolute atomic E-state index is 0.355. The second-order valence-corrected chi connectivity index (χ2v) is 8.44. The van der Waals surface area contributed by atoms with Gasteiger partial charge in [-0.05, 0) is 48.4 Å². The molecule has 3 aromatic rings. The van der Waals surface area contributed by atoms with Crippen LogP contribution in [0.4, 0.5) is 11.4 Å². The number of hydrogen-bond donors (Lipinski definition) is 1. The number of esters is 1. The van der Waals surface area contributed by atoms with Gasteiger partial charge in [-0.2, -0.15) is 0 Å². The number of morpholine rings is 1. The predicted molar refractivity (Wildman–Crippen MR) is 137 cm³/mol. The Morgan fingerprint density at radius 2 is 1.69 bits per heavy atom. The van der Waals surface area contributed by atoms with Crippen LogP contribution in [0.15, 0.2) is 60.7 Å². The first kappa shape index (κ1) is 24.4. The standard InChI is InChI=1S/C28H32N2O5/c1-20-4-6-21(7-5-20)19-35-26-11-8-22(16-27(26)32-2)18-29-23-9-10-25(24(17-23)28(31)33-3)30-12-14-34-15-13-30/h4-11,16-17,29H,12-15,18-19H2,1-3H3. The molecule has 0 saturated carbocycles. The maximum Gasteiger partial charge on any atom is 0.340 e. The first-order valence-corrected chi connectivity index (χ1v) is 11.7. The number of methoxy groups -OCH3 is 2. The van der Waals surface area contributed by atoms with Crippen molar-refractivity contribution in [2.24, 2.45) is 0 Å². The lowest BCUT2D eigenvalue weighted by Gasteiger charge is -2.30. The third-order valence-corrected chi connectivity index (χ3v) is 5.99. The molecule has 0 spiro atoms. The van der Waals surface area contributed by atoms with Crippen molar-refractivity contribution >= 4 is 17.3 Å². The zero-order chi connectivity index (χ0) is 24.6. The Balaban J connectivity index is 1.43. The normalized spacial score (nSPS) is 13.3. The van der Waals surface area contributed by atoms with Crippen LogP contribution in [0.25, 0.3) is 0 Å². The van der Waals surface area contributed by atoms with Gasteiger partial charge in [-0.15, -0.1) is 0 Å². The van der Waals surface area contributed by atoms with Gasteiger partial charge in [0.2, 0.25) is 0 Å². The lowest BCUT2D eigenvalue weighted by Crippen LogP contribution is -2.37. The molecule has 0 atom stereocenters. The summed E-state index contributed by atoms with van der Waals surface area (Å²) in [5.74, 6) is 1.01. The van der Waals surface area contributed by atoms with E-state index in [1.807, 2.05) is 36.4 Å². The van der Waals surface area contributed by atoms with E-state index in [4.69, 9.17) is 18.9 Å². The molecule has 1 saturated heterocycles. The van der Waals surface area contributed by atoms with Gasteiger partial charge in [0.15, 0.2) is 11.5 Å². The summed E-state index contributed by atoms with van der Waals surface area (Å²) in [5, 5.41) is 3.40. The lowest BCUT2D eigenvalue weighted by atomic mass is 10.1. The fourth-order valence-electron chi connectivity index (χ4n) is 3.99. The molecule has 0 amide bonds. The van der Waals surface area contributed by atoms with E-state index in [9.17, 15) is 4.79 Å². The van der Waals surface area contributed by atoms with E-state index >= 15 is 0 Å². The lowest BCUT2D eigenvalue weighted by molar-refractivity contribution is 0.0600. The Labute approximate surface area is 206 Å². The van der Waals surface area contributed by atoms with Gasteiger partial charge in [-0.25, -0.2) is 4.79 Å². The van der Waals surface area contributed by atoms with Gasteiger partial charge in [-0.1, -0.05) is 35.9 Å². The van der Waals surface area contributed by atoms with E-state index in [1.165, 1.54) is 12.7 Å². The van der Waals surface area contributed by atoms with Gasteiger partial charge in [0.25, 0.3) is 0 Å². The highest BCUT2D eigenvalue weighted by molar-refractivity contribution is 5.97. The van der Waals surface area contributed by atoms with E-state index < -0.39 is 0 Å². The van der Waals surface area contributed by atoms with Gasteiger partial charge < -0.3 is 29.2 Å². The number of aryl methyl sites for hydroxylation is 1. The topological polar surface area (TPSA) is 69.3 Å². The maximum absolute atomic E-state index is 12.5. The molecule has 0 unspecified atom stereocenters. The first-order chi connectivity index (χ1) is 17.1. The second-order valence-electron chi connectivity index (χ2n) is 8.44. The second kappa shape index (κ2) is 11.6. The molecule has 0 bridgehead atoms. The van der Waals surface area contributed by atoms with Crippen molar-refractivity contribution < 1.29 is 23.7 Å². The van der Waals surface area contributed by atoms with Crippen molar-refractivity contribution in [2.75, 3.05) is 50.7 Å². The molecule has 4 rings (SSSR count). The number of carbonyl (C=O) groups is 1. The Kier molecular flexibility index (Phi) is 8.11. The van der Waals surface area contributed by atoms with Crippen molar-refractivity contribution in [3.63, 3.8) is 0 Å². The number of ether oxygens (including phenoxy) is 4. The molecule has 35 heavy (non-hydrogen) atoms. The van der Waals surface area contributed by atoms with Crippen LogP contribution in [0.1, 0.15) is 27.0 Å². The monoisotopic (exact) mass is 476 g/mol. The first-order valence-electron chi connectivity index (χ1n) is 11.7. The number of anilines is 2. The van der Waals surface area contributed by atoms with Gasteiger partial charge in [0, 0.05) is 25.3 Å². The average Bonchev–Trinajstić information content (AvgIpc) is 2.91. The summed E-state index contributed by atoms with van der Waals surface area (Å²) in [5.41, 5.74) is 5.59.